The van der Waals surface area contributed by atoms with Crippen molar-refractivity contribution in [1.29, 1.82) is 0 Å². The molecule has 0 aliphatic heterocycles. The molecule has 6 nitrogen and oxygen atoms in total. The summed E-state index contributed by atoms with van der Waals surface area (Å²) >= 11 is 3.27. The van der Waals surface area contributed by atoms with Crippen LogP contribution in [0.3, 0.4) is 0 Å². The van der Waals surface area contributed by atoms with E-state index < -0.39 is 0 Å². The average Bonchev–Trinajstić information content (AvgIpc) is 3.32. The fourth-order valence-electron chi connectivity index (χ4n) is 3.91. The van der Waals surface area contributed by atoms with Gasteiger partial charge in [0.1, 0.15) is 10.5 Å². The molecule has 0 amide bonds. The number of aryl methyl sites for hydroxylation is 2. The molecule has 0 bridgehead atoms. The number of fused-ring (bicyclic) bond motifs is 4. The summed E-state index contributed by atoms with van der Waals surface area (Å²) in [5.41, 5.74) is 3.20. The molecule has 8 heteroatoms. The number of aromatic nitrogens is 4. The van der Waals surface area contributed by atoms with Gasteiger partial charge in [-0.25, -0.2) is 9.97 Å². The summed E-state index contributed by atoms with van der Waals surface area (Å²) in [5.74, 6) is 0.664. The number of thioether (sulfide) groups is 1. The first-order valence-electron chi connectivity index (χ1n) is 9.84. The molecule has 150 valence electrons. The van der Waals surface area contributed by atoms with Crippen LogP contribution in [0, 0.1) is 0 Å². The molecule has 0 saturated heterocycles. The van der Waals surface area contributed by atoms with Gasteiger partial charge in [-0.1, -0.05) is 17.8 Å². The molecule has 0 unspecified atom stereocenters. The summed E-state index contributed by atoms with van der Waals surface area (Å²) in [6.45, 7) is 0.998. The number of hydrogen-bond donors (Lipinski definition) is 0. The highest BCUT2D eigenvalue weighted by Gasteiger charge is 2.22. The van der Waals surface area contributed by atoms with Crippen molar-refractivity contribution in [2.45, 2.75) is 43.1 Å². The Balaban J connectivity index is 1.53. The zero-order chi connectivity index (χ0) is 19.8. The van der Waals surface area contributed by atoms with Crippen molar-refractivity contribution in [1.82, 2.24) is 18.9 Å². The molecule has 0 radical (unpaired) electrons. The lowest BCUT2D eigenvalue weighted by Gasteiger charge is -2.13. The molecule has 0 fully saturated rings. The van der Waals surface area contributed by atoms with Gasteiger partial charge < -0.3 is 9.14 Å². The largest absolute Gasteiger partial charge is 0.383 e. The van der Waals surface area contributed by atoms with Gasteiger partial charge in [0.05, 0.1) is 24.2 Å². The van der Waals surface area contributed by atoms with E-state index in [9.17, 15) is 4.79 Å². The first-order valence-corrected chi connectivity index (χ1v) is 11.6. The number of thiophene rings is 1. The lowest BCUT2D eigenvalue weighted by Crippen LogP contribution is -2.25. The van der Waals surface area contributed by atoms with Crippen molar-refractivity contribution in [3.8, 4) is 0 Å². The molecule has 0 spiro atoms. The van der Waals surface area contributed by atoms with Crippen molar-refractivity contribution in [2.75, 3.05) is 13.7 Å². The van der Waals surface area contributed by atoms with Gasteiger partial charge in [-0.15, -0.1) is 11.3 Å². The Bertz CT molecular complexity index is 1210. The highest BCUT2D eigenvalue weighted by molar-refractivity contribution is 7.98. The Morgan fingerprint density at radius 3 is 3.00 bits per heavy atom. The Labute approximate surface area is 176 Å². The molecule has 0 N–H and O–H groups in total. The first-order chi connectivity index (χ1) is 14.2. The van der Waals surface area contributed by atoms with Crippen LogP contribution in [0.1, 0.15) is 29.0 Å². The van der Waals surface area contributed by atoms with Gasteiger partial charge >= 0.3 is 0 Å². The molecular weight excluding hydrogens is 404 g/mol. The maximum Gasteiger partial charge on any atom is 0.263 e. The predicted molar refractivity (Wildman–Crippen MR) is 117 cm³/mol. The number of nitrogens with zero attached hydrogens (tertiary/aromatic N) is 4. The van der Waals surface area contributed by atoms with Crippen LogP contribution in [0.4, 0.5) is 0 Å². The van der Waals surface area contributed by atoms with Crippen LogP contribution in [0.5, 0.6) is 0 Å². The van der Waals surface area contributed by atoms with Crippen LogP contribution < -0.4 is 5.56 Å². The molecule has 29 heavy (non-hydrogen) atoms. The number of ether oxygens (including phenoxy) is 1. The highest BCUT2D eigenvalue weighted by Crippen LogP contribution is 2.35. The van der Waals surface area contributed by atoms with E-state index in [2.05, 4.69) is 4.98 Å². The molecule has 4 aromatic rings. The number of imidazole rings is 1. The van der Waals surface area contributed by atoms with E-state index >= 15 is 0 Å². The zero-order valence-electron chi connectivity index (χ0n) is 16.3. The van der Waals surface area contributed by atoms with Crippen LogP contribution in [-0.2, 0) is 29.9 Å². The molecule has 5 rings (SSSR count). The van der Waals surface area contributed by atoms with E-state index in [1.54, 1.807) is 34.8 Å². The normalized spacial score (nSPS) is 14.0. The maximum atomic E-state index is 13.4. The van der Waals surface area contributed by atoms with Gasteiger partial charge in [-0.3, -0.25) is 9.36 Å². The third kappa shape index (κ3) is 3.49. The second kappa shape index (κ2) is 7.93. The third-order valence-corrected chi connectivity index (χ3v) is 7.52. The molecular formula is C21H22N4O2S2. The Hall–Kier alpha value is -2.16. The molecule has 0 aromatic carbocycles. The van der Waals surface area contributed by atoms with Gasteiger partial charge in [0.15, 0.2) is 5.16 Å². The van der Waals surface area contributed by atoms with E-state index in [-0.39, 0.29) is 5.56 Å². The smallest absolute Gasteiger partial charge is 0.263 e. The Morgan fingerprint density at radius 2 is 2.14 bits per heavy atom. The molecule has 0 saturated carbocycles. The predicted octanol–water partition coefficient (Wildman–Crippen LogP) is 3.92. The van der Waals surface area contributed by atoms with E-state index in [1.165, 1.54) is 16.9 Å². The molecule has 0 atom stereocenters. The van der Waals surface area contributed by atoms with Crippen molar-refractivity contribution < 1.29 is 4.74 Å². The monoisotopic (exact) mass is 426 g/mol. The van der Waals surface area contributed by atoms with Crippen LogP contribution in [0.25, 0.3) is 15.9 Å². The number of hydrogen-bond acceptors (Lipinski definition) is 6. The van der Waals surface area contributed by atoms with E-state index in [0.717, 1.165) is 46.0 Å². The van der Waals surface area contributed by atoms with Gasteiger partial charge in [-0.05, 0) is 43.4 Å². The summed E-state index contributed by atoms with van der Waals surface area (Å²) in [7, 11) is 1.66. The van der Waals surface area contributed by atoms with Crippen LogP contribution in [0.2, 0.25) is 0 Å². The van der Waals surface area contributed by atoms with Crippen molar-refractivity contribution in [2.24, 2.45) is 0 Å². The van der Waals surface area contributed by atoms with Crippen molar-refractivity contribution in [3.63, 3.8) is 0 Å². The zero-order valence-corrected chi connectivity index (χ0v) is 17.9. The SMILES string of the molecule is COCCn1c(SCc2cn3ccccc3n2)nc2sc3c(c2c1=O)CCCC3. The average molecular weight is 427 g/mol. The van der Waals surface area contributed by atoms with Gasteiger partial charge in [-0.2, -0.15) is 0 Å². The quantitative estimate of drug-likeness (QED) is 0.345. The minimum absolute atomic E-state index is 0.0731. The number of rotatable bonds is 6. The number of methoxy groups -OCH3 is 1. The van der Waals surface area contributed by atoms with Crippen molar-refractivity contribution in [3.05, 3.63) is 57.1 Å². The molecule has 4 heterocycles. The van der Waals surface area contributed by atoms with Crippen molar-refractivity contribution >= 4 is 39.0 Å². The Morgan fingerprint density at radius 1 is 1.24 bits per heavy atom. The number of pyridine rings is 1. The van der Waals surface area contributed by atoms with Crippen LogP contribution in [-0.4, -0.2) is 32.7 Å². The molecule has 4 aromatic heterocycles. The standard InChI is InChI=1S/C21H22N4O2S2/c1-27-11-10-25-20(26)18-15-6-2-3-7-16(15)29-19(18)23-21(25)28-13-14-12-24-9-5-4-8-17(24)22-14/h4-5,8-9,12H,2-3,6-7,10-11,13H2,1H3. The summed E-state index contributed by atoms with van der Waals surface area (Å²) in [4.78, 5) is 25.2. The lowest BCUT2D eigenvalue weighted by molar-refractivity contribution is 0.183. The summed E-state index contributed by atoms with van der Waals surface area (Å²) < 4.78 is 9.05. The van der Waals surface area contributed by atoms with Gasteiger partial charge in [0.25, 0.3) is 5.56 Å². The minimum Gasteiger partial charge on any atom is -0.383 e. The second-order valence-electron chi connectivity index (χ2n) is 7.22. The van der Waals surface area contributed by atoms with Crippen LogP contribution in [0.15, 0.2) is 40.5 Å². The van der Waals surface area contributed by atoms with Gasteiger partial charge in [0.2, 0.25) is 0 Å². The minimum atomic E-state index is 0.0731. The second-order valence-corrected chi connectivity index (χ2v) is 9.25. The Kier molecular flexibility index (Phi) is 5.15. The van der Waals surface area contributed by atoms with Gasteiger partial charge in [0, 0.05) is 30.1 Å². The van der Waals surface area contributed by atoms with E-state index in [0.29, 0.717) is 18.9 Å². The summed E-state index contributed by atoms with van der Waals surface area (Å²) in [5, 5.41) is 1.58. The van der Waals surface area contributed by atoms with E-state index in [4.69, 9.17) is 9.72 Å². The lowest BCUT2D eigenvalue weighted by atomic mass is 9.97. The maximum absolute atomic E-state index is 13.4. The van der Waals surface area contributed by atoms with E-state index in [1.807, 2.05) is 35.0 Å². The topological polar surface area (TPSA) is 61.4 Å². The third-order valence-electron chi connectivity index (χ3n) is 5.32. The fourth-order valence-corrected chi connectivity index (χ4v) is 6.12. The summed E-state index contributed by atoms with van der Waals surface area (Å²) in [6, 6.07) is 5.96. The van der Waals surface area contributed by atoms with Crippen LogP contribution >= 0.6 is 23.1 Å². The highest BCUT2D eigenvalue weighted by atomic mass is 32.2. The first kappa shape index (κ1) is 18.8. The molecule has 1 aliphatic rings. The fraction of sp³-hybridized carbons (Fsp3) is 0.381. The summed E-state index contributed by atoms with van der Waals surface area (Å²) in [6.07, 6.45) is 8.43. The molecule has 1 aliphatic carbocycles.